The highest BCUT2D eigenvalue weighted by Crippen LogP contribution is 2.23. The third-order valence-electron chi connectivity index (χ3n) is 2.17. The number of rotatable bonds is 4. The monoisotopic (exact) mass is 303 g/mol. The Morgan fingerprint density at radius 3 is 2.81 bits per heavy atom. The van der Waals surface area contributed by atoms with E-state index >= 15 is 0 Å². The van der Waals surface area contributed by atoms with Crippen LogP contribution in [0.25, 0.3) is 0 Å². The Hall–Kier alpha value is -0.680. The zero-order chi connectivity index (χ0) is 12.1. The molecule has 0 aromatic heterocycles. The molecule has 0 unspecified atom stereocenters. The van der Waals surface area contributed by atoms with Crippen molar-refractivity contribution < 1.29 is 9.90 Å². The van der Waals surface area contributed by atoms with E-state index in [1.54, 1.807) is 35.8 Å². The molecule has 0 spiro atoms. The van der Waals surface area contributed by atoms with Crippen LogP contribution in [0.15, 0.2) is 22.7 Å². The molecule has 5 heteroatoms. The van der Waals surface area contributed by atoms with Crippen LogP contribution < -0.4 is 0 Å². The molecule has 1 aromatic carbocycles. The van der Waals surface area contributed by atoms with Crippen molar-refractivity contribution in [3.63, 3.8) is 0 Å². The number of nitrogens with zero attached hydrogens (tertiary/aromatic N) is 1. The first-order valence-corrected chi connectivity index (χ1v) is 6.98. The van der Waals surface area contributed by atoms with Gasteiger partial charge in [0.1, 0.15) is 5.75 Å². The number of benzene rings is 1. The molecule has 0 aliphatic heterocycles. The Balaban J connectivity index is 2.79. The van der Waals surface area contributed by atoms with E-state index in [-0.39, 0.29) is 11.7 Å². The van der Waals surface area contributed by atoms with E-state index in [9.17, 15) is 9.90 Å². The fourth-order valence-electron chi connectivity index (χ4n) is 1.22. The quantitative estimate of drug-likeness (QED) is 0.929. The number of halogens is 1. The summed E-state index contributed by atoms with van der Waals surface area (Å²) in [4.78, 5) is 13.5. The highest BCUT2D eigenvalue weighted by molar-refractivity contribution is 9.10. The topological polar surface area (TPSA) is 40.5 Å². The number of phenols is 1. The van der Waals surface area contributed by atoms with E-state index in [4.69, 9.17) is 0 Å². The molecular weight excluding hydrogens is 290 g/mol. The molecule has 16 heavy (non-hydrogen) atoms. The Bertz CT molecular complexity index is 384. The van der Waals surface area contributed by atoms with Crippen molar-refractivity contribution in [2.75, 3.05) is 25.6 Å². The summed E-state index contributed by atoms with van der Waals surface area (Å²) in [6.07, 6.45) is 2.00. The fraction of sp³-hybridized carbons (Fsp3) is 0.364. The molecule has 3 nitrogen and oxygen atoms in total. The van der Waals surface area contributed by atoms with Crippen molar-refractivity contribution >= 4 is 33.6 Å². The van der Waals surface area contributed by atoms with Gasteiger partial charge in [-0.05, 0) is 24.5 Å². The molecule has 88 valence electrons. The third-order valence-corrected chi connectivity index (χ3v) is 3.25. The van der Waals surface area contributed by atoms with Gasteiger partial charge in [0.25, 0.3) is 5.91 Å². The van der Waals surface area contributed by atoms with Crippen LogP contribution in [-0.4, -0.2) is 41.5 Å². The zero-order valence-corrected chi connectivity index (χ0v) is 11.6. The maximum Gasteiger partial charge on any atom is 0.257 e. The van der Waals surface area contributed by atoms with Crippen LogP contribution in [0.3, 0.4) is 0 Å². The minimum absolute atomic E-state index is 0.00961. The molecule has 1 N–H and O–H groups in total. The van der Waals surface area contributed by atoms with E-state index in [2.05, 4.69) is 15.9 Å². The van der Waals surface area contributed by atoms with Gasteiger partial charge >= 0.3 is 0 Å². The maximum atomic E-state index is 11.9. The summed E-state index contributed by atoms with van der Waals surface area (Å²) in [6.45, 7) is 0.676. The molecule has 0 aliphatic carbocycles. The summed E-state index contributed by atoms with van der Waals surface area (Å²) < 4.78 is 0.758. The van der Waals surface area contributed by atoms with Crippen LogP contribution in [-0.2, 0) is 0 Å². The second-order valence-corrected chi connectivity index (χ2v) is 5.28. The molecule has 1 amide bonds. The maximum absolute atomic E-state index is 11.9. The zero-order valence-electron chi connectivity index (χ0n) is 9.24. The van der Waals surface area contributed by atoms with Crippen molar-refractivity contribution in [1.29, 1.82) is 0 Å². The third kappa shape index (κ3) is 3.42. The molecule has 0 radical (unpaired) electrons. The molecule has 1 aromatic rings. The van der Waals surface area contributed by atoms with Crippen LogP contribution in [0.1, 0.15) is 10.4 Å². The van der Waals surface area contributed by atoms with Gasteiger partial charge in [-0.2, -0.15) is 11.8 Å². The second-order valence-electron chi connectivity index (χ2n) is 3.38. The summed E-state index contributed by atoms with van der Waals surface area (Å²) in [5.74, 6) is 0.744. The van der Waals surface area contributed by atoms with Crippen LogP contribution in [0.5, 0.6) is 5.75 Å². The summed E-state index contributed by atoms with van der Waals surface area (Å²) in [5.41, 5.74) is 0.340. The molecular formula is C11H14BrNO2S. The first-order valence-electron chi connectivity index (χ1n) is 4.79. The Labute approximate surface area is 108 Å². The highest BCUT2D eigenvalue weighted by atomic mass is 79.9. The minimum atomic E-state index is -0.154. The normalized spacial score (nSPS) is 10.2. The lowest BCUT2D eigenvalue weighted by Crippen LogP contribution is -2.28. The summed E-state index contributed by atoms with van der Waals surface area (Å²) in [6, 6.07) is 4.89. The molecule has 0 saturated heterocycles. The number of hydrogen-bond acceptors (Lipinski definition) is 3. The van der Waals surface area contributed by atoms with E-state index in [0.717, 1.165) is 10.2 Å². The van der Waals surface area contributed by atoms with Gasteiger partial charge in [0, 0.05) is 23.8 Å². The lowest BCUT2D eigenvalue weighted by molar-refractivity contribution is 0.0801. The SMILES string of the molecule is CSCCN(C)C(=O)c1ccc(Br)cc1O. The largest absolute Gasteiger partial charge is 0.507 e. The van der Waals surface area contributed by atoms with Gasteiger partial charge in [0.15, 0.2) is 0 Å². The molecule has 0 heterocycles. The smallest absolute Gasteiger partial charge is 0.257 e. The number of phenolic OH excluding ortho intramolecular Hbond substituents is 1. The predicted molar refractivity (Wildman–Crippen MR) is 71.1 cm³/mol. The van der Waals surface area contributed by atoms with Gasteiger partial charge in [-0.25, -0.2) is 0 Å². The van der Waals surface area contributed by atoms with Crippen molar-refractivity contribution in [2.45, 2.75) is 0 Å². The average molecular weight is 304 g/mol. The number of carbonyl (C=O) groups is 1. The number of hydrogen-bond donors (Lipinski definition) is 1. The van der Waals surface area contributed by atoms with Crippen LogP contribution in [0.4, 0.5) is 0 Å². The number of amides is 1. The molecule has 0 atom stereocenters. The molecule has 0 bridgehead atoms. The van der Waals surface area contributed by atoms with Crippen molar-refractivity contribution in [3.8, 4) is 5.75 Å². The van der Waals surface area contributed by atoms with Gasteiger partial charge in [-0.15, -0.1) is 0 Å². The van der Waals surface area contributed by atoms with Crippen LogP contribution in [0.2, 0.25) is 0 Å². The highest BCUT2D eigenvalue weighted by Gasteiger charge is 2.15. The van der Waals surface area contributed by atoms with E-state index < -0.39 is 0 Å². The van der Waals surface area contributed by atoms with Crippen molar-refractivity contribution in [2.24, 2.45) is 0 Å². The number of carbonyl (C=O) groups excluding carboxylic acids is 1. The van der Waals surface area contributed by atoms with Crippen LogP contribution >= 0.6 is 27.7 Å². The summed E-state index contributed by atoms with van der Waals surface area (Å²) >= 11 is 4.92. The first-order chi connectivity index (χ1) is 7.56. The van der Waals surface area contributed by atoms with Gasteiger partial charge in [0.2, 0.25) is 0 Å². The first kappa shape index (κ1) is 13.4. The van der Waals surface area contributed by atoms with Crippen molar-refractivity contribution in [1.82, 2.24) is 4.90 Å². The summed E-state index contributed by atoms with van der Waals surface area (Å²) in [5, 5.41) is 9.65. The Kier molecular flexibility index (Phi) is 5.15. The fourth-order valence-corrected chi connectivity index (χ4v) is 2.03. The van der Waals surface area contributed by atoms with E-state index in [1.165, 1.54) is 6.07 Å². The summed E-state index contributed by atoms with van der Waals surface area (Å²) in [7, 11) is 1.74. The van der Waals surface area contributed by atoms with E-state index in [0.29, 0.717) is 12.1 Å². The number of aromatic hydroxyl groups is 1. The molecule has 1 rings (SSSR count). The number of thioether (sulfide) groups is 1. The lowest BCUT2D eigenvalue weighted by atomic mass is 10.2. The second kappa shape index (κ2) is 6.15. The molecule has 0 saturated carbocycles. The standard InChI is InChI=1S/C11H14BrNO2S/c1-13(5-6-16-2)11(15)9-4-3-8(12)7-10(9)14/h3-4,7,14H,5-6H2,1-2H3. The minimum Gasteiger partial charge on any atom is -0.507 e. The van der Waals surface area contributed by atoms with Crippen LogP contribution in [0, 0.1) is 0 Å². The Morgan fingerprint density at radius 2 is 2.25 bits per heavy atom. The van der Waals surface area contributed by atoms with Gasteiger partial charge < -0.3 is 10.0 Å². The van der Waals surface area contributed by atoms with Gasteiger partial charge in [-0.3, -0.25) is 4.79 Å². The average Bonchev–Trinajstić information content (AvgIpc) is 2.25. The van der Waals surface area contributed by atoms with Gasteiger partial charge in [-0.1, -0.05) is 15.9 Å². The molecule has 0 fully saturated rings. The van der Waals surface area contributed by atoms with E-state index in [1.807, 2.05) is 6.26 Å². The van der Waals surface area contributed by atoms with Gasteiger partial charge in [0.05, 0.1) is 5.56 Å². The predicted octanol–water partition coefficient (Wildman–Crippen LogP) is 2.59. The Morgan fingerprint density at radius 1 is 1.56 bits per heavy atom. The molecule has 0 aliphatic rings. The van der Waals surface area contributed by atoms with Crippen molar-refractivity contribution in [3.05, 3.63) is 28.2 Å². The lowest BCUT2D eigenvalue weighted by Gasteiger charge is -2.17.